The van der Waals surface area contributed by atoms with Crippen molar-refractivity contribution in [3.63, 3.8) is 0 Å². The second-order valence-corrected chi connectivity index (χ2v) is 6.91. The van der Waals surface area contributed by atoms with Crippen LogP contribution in [0.15, 0.2) is 41.7 Å². The van der Waals surface area contributed by atoms with E-state index in [0.29, 0.717) is 26.4 Å². The fourth-order valence-electron chi connectivity index (χ4n) is 3.18. The molecule has 1 N–H and O–H groups in total. The van der Waals surface area contributed by atoms with Crippen LogP contribution >= 0.6 is 0 Å². The molecule has 1 atom stereocenters. The van der Waals surface area contributed by atoms with Gasteiger partial charge in [-0.15, -0.1) is 0 Å². The minimum Gasteiger partial charge on any atom is -0.491 e. The Labute approximate surface area is 172 Å². The van der Waals surface area contributed by atoms with Crippen molar-refractivity contribution in [1.29, 1.82) is 0 Å². The summed E-state index contributed by atoms with van der Waals surface area (Å²) in [5.41, 5.74) is 2.23. The molecule has 0 bridgehead atoms. The number of benzene rings is 1. The smallest absolute Gasteiger partial charge is 0.194 e. The Balaban J connectivity index is 1.61. The maximum atomic E-state index is 5.95. The molecule has 1 aromatic heterocycles. The van der Waals surface area contributed by atoms with Crippen LogP contribution in [0.2, 0.25) is 0 Å². The van der Waals surface area contributed by atoms with Crippen molar-refractivity contribution in [2.45, 2.75) is 19.6 Å². The first-order valence-corrected chi connectivity index (χ1v) is 10.0. The van der Waals surface area contributed by atoms with Gasteiger partial charge in [0.15, 0.2) is 5.96 Å². The molecule has 1 unspecified atom stereocenters. The summed E-state index contributed by atoms with van der Waals surface area (Å²) >= 11 is 0. The number of methoxy groups -OCH3 is 1. The lowest BCUT2D eigenvalue weighted by molar-refractivity contribution is -0.00805. The van der Waals surface area contributed by atoms with E-state index in [1.165, 1.54) is 0 Å². The number of nitrogens with zero attached hydrogens (tertiary/aromatic N) is 4. The molecule has 8 nitrogen and oxygen atoms in total. The summed E-state index contributed by atoms with van der Waals surface area (Å²) in [5.74, 6) is 1.75. The SMILES string of the molecule is CCNC(=NCc1ccc(OCCOC)cc1)N1CCOC(c2cnn(C)c2)C1. The average Bonchev–Trinajstić information content (AvgIpc) is 3.19. The molecule has 158 valence electrons. The zero-order valence-corrected chi connectivity index (χ0v) is 17.5. The molecule has 0 radical (unpaired) electrons. The quantitative estimate of drug-likeness (QED) is 0.414. The van der Waals surface area contributed by atoms with Crippen LogP contribution in [0.4, 0.5) is 0 Å². The second-order valence-electron chi connectivity index (χ2n) is 6.91. The van der Waals surface area contributed by atoms with Gasteiger partial charge < -0.3 is 24.4 Å². The van der Waals surface area contributed by atoms with E-state index < -0.39 is 0 Å². The number of aryl methyl sites for hydroxylation is 1. The van der Waals surface area contributed by atoms with Crippen molar-refractivity contribution in [1.82, 2.24) is 20.0 Å². The highest BCUT2D eigenvalue weighted by Gasteiger charge is 2.25. The Morgan fingerprint density at radius 1 is 1.31 bits per heavy atom. The number of aliphatic imine (C=N–C) groups is 1. The molecule has 0 amide bonds. The van der Waals surface area contributed by atoms with Crippen molar-refractivity contribution in [3.05, 3.63) is 47.8 Å². The molecule has 1 aliphatic heterocycles. The zero-order chi connectivity index (χ0) is 20.5. The van der Waals surface area contributed by atoms with Crippen molar-refractivity contribution in [2.24, 2.45) is 12.0 Å². The number of hydrogen-bond donors (Lipinski definition) is 1. The van der Waals surface area contributed by atoms with Gasteiger partial charge >= 0.3 is 0 Å². The molecular formula is C21H31N5O3. The first-order chi connectivity index (χ1) is 14.2. The first kappa shape index (κ1) is 21.1. The van der Waals surface area contributed by atoms with Crippen LogP contribution in [-0.2, 0) is 23.1 Å². The number of ether oxygens (including phenoxy) is 3. The third kappa shape index (κ3) is 6.20. The molecule has 2 heterocycles. The molecule has 2 aromatic rings. The van der Waals surface area contributed by atoms with Gasteiger partial charge in [0, 0.05) is 39.0 Å². The van der Waals surface area contributed by atoms with E-state index in [1.54, 1.807) is 11.8 Å². The molecule has 1 saturated heterocycles. The molecular weight excluding hydrogens is 370 g/mol. The lowest BCUT2D eigenvalue weighted by Gasteiger charge is -2.34. The third-order valence-electron chi connectivity index (χ3n) is 4.69. The molecule has 29 heavy (non-hydrogen) atoms. The van der Waals surface area contributed by atoms with Crippen LogP contribution in [0.1, 0.15) is 24.2 Å². The van der Waals surface area contributed by atoms with Crippen molar-refractivity contribution in [3.8, 4) is 5.75 Å². The molecule has 0 spiro atoms. The maximum Gasteiger partial charge on any atom is 0.194 e. The fourth-order valence-corrected chi connectivity index (χ4v) is 3.18. The lowest BCUT2D eigenvalue weighted by Crippen LogP contribution is -2.48. The van der Waals surface area contributed by atoms with Crippen LogP contribution in [0, 0.1) is 0 Å². The van der Waals surface area contributed by atoms with Gasteiger partial charge in [0.05, 0.1) is 32.5 Å². The number of rotatable bonds is 8. The van der Waals surface area contributed by atoms with E-state index in [9.17, 15) is 0 Å². The van der Waals surface area contributed by atoms with Crippen LogP contribution in [-0.4, -0.2) is 67.2 Å². The Morgan fingerprint density at radius 3 is 2.83 bits per heavy atom. The van der Waals surface area contributed by atoms with Gasteiger partial charge in [-0.05, 0) is 24.6 Å². The highest BCUT2D eigenvalue weighted by molar-refractivity contribution is 5.80. The number of nitrogens with one attached hydrogen (secondary N) is 1. The largest absolute Gasteiger partial charge is 0.491 e. The number of hydrogen-bond acceptors (Lipinski definition) is 5. The maximum absolute atomic E-state index is 5.95. The highest BCUT2D eigenvalue weighted by Crippen LogP contribution is 2.22. The van der Waals surface area contributed by atoms with Crippen molar-refractivity contribution in [2.75, 3.05) is 46.6 Å². The Hall–Kier alpha value is -2.58. The van der Waals surface area contributed by atoms with Crippen LogP contribution in [0.25, 0.3) is 0 Å². The van der Waals surface area contributed by atoms with Gasteiger partial charge in [-0.2, -0.15) is 5.10 Å². The first-order valence-electron chi connectivity index (χ1n) is 10.0. The highest BCUT2D eigenvalue weighted by atomic mass is 16.5. The van der Waals surface area contributed by atoms with E-state index in [2.05, 4.69) is 22.2 Å². The summed E-state index contributed by atoms with van der Waals surface area (Å²) in [7, 11) is 3.59. The number of aromatic nitrogens is 2. The zero-order valence-electron chi connectivity index (χ0n) is 17.5. The molecule has 1 fully saturated rings. The minimum atomic E-state index is 0.00448. The van der Waals surface area contributed by atoms with Crippen LogP contribution in [0.3, 0.4) is 0 Å². The molecule has 3 rings (SSSR count). The fraction of sp³-hybridized carbons (Fsp3) is 0.524. The Bertz CT molecular complexity index is 775. The van der Waals surface area contributed by atoms with Crippen molar-refractivity contribution >= 4 is 5.96 Å². The van der Waals surface area contributed by atoms with E-state index in [1.807, 2.05) is 43.7 Å². The number of morpholine rings is 1. The molecule has 8 heteroatoms. The molecule has 1 aliphatic rings. The Kier molecular flexibility index (Phi) is 7.89. The standard InChI is InChI=1S/C21H31N5O3/c1-4-22-21(23-13-17-5-7-19(8-6-17)28-12-11-27-3)26-9-10-29-20(16-26)18-14-24-25(2)15-18/h5-8,14-15,20H,4,9-13,16H2,1-3H3,(H,22,23). The molecule has 1 aromatic carbocycles. The summed E-state index contributed by atoms with van der Waals surface area (Å²) < 4.78 is 18.4. The summed E-state index contributed by atoms with van der Waals surface area (Å²) in [4.78, 5) is 7.10. The van der Waals surface area contributed by atoms with E-state index in [-0.39, 0.29) is 6.10 Å². The monoisotopic (exact) mass is 401 g/mol. The van der Waals surface area contributed by atoms with Gasteiger partial charge in [-0.3, -0.25) is 4.68 Å². The summed E-state index contributed by atoms with van der Waals surface area (Å²) in [6.07, 6.45) is 3.88. The van der Waals surface area contributed by atoms with Crippen LogP contribution < -0.4 is 10.1 Å². The predicted octanol–water partition coefficient (Wildman–Crippen LogP) is 1.98. The van der Waals surface area contributed by atoms with Crippen molar-refractivity contribution < 1.29 is 14.2 Å². The van der Waals surface area contributed by atoms with E-state index in [0.717, 1.165) is 42.5 Å². The second kappa shape index (κ2) is 10.8. The summed E-state index contributed by atoms with van der Waals surface area (Å²) in [6.45, 7) is 6.87. The Morgan fingerprint density at radius 2 is 2.14 bits per heavy atom. The summed E-state index contributed by atoms with van der Waals surface area (Å²) in [5, 5.41) is 7.67. The topological polar surface area (TPSA) is 73.1 Å². The van der Waals surface area contributed by atoms with Gasteiger partial charge in [0.1, 0.15) is 18.5 Å². The van der Waals surface area contributed by atoms with Gasteiger partial charge in [0.2, 0.25) is 0 Å². The molecule has 0 aliphatic carbocycles. The number of guanidine groups is 1. The average molecular weight is 402 g/mol. The molecule has 0 saturated carbocycles. The summed E-state index contributed by atoms with van der Waals surface area (Å²) in [6, 6.07) is 8.04. The normalized spacial score (nSPS) is 17.4. The van der Waals surface area contributed by atoms with Gasteiger partial charge in [0.25, 0.3) is 0 Å². The third-order valence-corrected chi connectivity index (χ3v) is 4.69. The van der Waals surface area contributed by atoms with Gasteiger partial charge in [-0.25, -0.2) is 4.99 Å². The van der Waals surface area contributed by atoms with E-state index in [4.69, 9.17) is 19.2 Å². The van der Waals surface area contributed by atoms with Crippen LogP contribution in [0.5, 0.6) is 5.75 Å². The predicted molar refractivity (Wildman–Crippen MR) is 112 cm³/mol. The van der Waals surface area contributed by atoms with E-state index >= 15 is 0 Å². The van der Waals surface area contributed by atoms with Gasteiger partial charge in [-0.1, -0.05) is 12.1 Å². The minimum absolute atomic E-state index is 0.00448. The lowest BCUT2D eigenvalue weighted by atomic mass is 10.1.